The predicted molar refractivity (Wildman–Crippen MR) is 105 cm³/mol. The van der Waals surface area contributed by atoms with Gasteiger partial charge in [-0.15, -0.1) is 11.6 Å². The van der Waals surface area contributed by atoms with E-state index in [0.29, 0.717) is 10.9 Å². The lowest BCUT2D eigenvalue weighted by atomic mass is 10.1. The predicted octanol–water partition coefficient (Wildman–Crippen LogP) is 6.40. The standard InChI is InChI=1S/C20H21Cl2NO2/c1-20(2,3)25-19(24)23-17-10-9-14(22)12-16(17)15-8-4-6-13(18(15)23)7-5-11-21/h4,6,8-10,12H,5,7,11H2,1-3H3. The van der Waals surface area contributed by atoms with Gasteiger partial charge in [0.25, 0.3) is 0 Å². The monoisotopic (exact) mass is 377 g/mol. The molecule has 3 aromatic rings. The lowest BCUT2D eigenvalue weighted by Crippen LogP contribution is -2.27. The summed E-state index contributed by atoms with van der Waals surface area (Å²) in [7, 11) is 0. The zero-order valence-corrected chi connectivity index (χ0v) is 16.1. The first-order chi connectivity index (χ1) is 11.8. The van der Waals surface area contributed by atoms with Crippen molar-refractivity contribution in [1.82, 2.24) is 4.57 Å². The molecule has 0 atom stereocenters. The van der Waals surface area contributed by atoms with Crippen molar-refractivity contribution >= 4 is 51.1 Å². The molecule has 5 heteroatoms. The maximum atomic E-state index is 12.9. The van der Waals surface area contributed by atoms with Crippen molar-refractivity contribution in [2.45, 2.75) is 39.2 Å². The van der Waals surface area contributed by atoms with Crippen molar-refractivity contribution in [3.05, 3.63) is 47.0 Å². The van der Waals surface area contributed by atoms with Crippen LogP contribution in [0.1, 0.15) is 32.8 Å². The molecule has 0 fully saturated rings. The smallest absolute Gasteiger partial charge is 0.419 e. The SMILES string of the molecule is CC(C)(C)OC(=O)n1c2ccc(Cl)cc2c2cccc(CCCCl)c21. The number of para-hydroxylation sites is 1. The van der Waals surface area contributed by atoms with Crippen molar-refractivity contribution < 1.29 is 9.53 Å². The van der Waals surface area contributed by atoms with Crippen LogP contribution in [0.4, 0.5) is 4.79 Å². The third-order valence-electron chi connectivity index (χ3n) is 3.99. The molecule has 0 aliphatic rings. The second kappa shape index (κ2) is 6.89. The summed E-state index contributed by atoms with van der Waals surface area (Å²) in [6.07, 6.45) is 1.26. The Morgan fingerprint density at radius 3 is 2.60 bits per heavy atom. The van der Waals surface area contributed by atoms with Gasteiger partial charge in [0.1, 0.15) is 5.60 Å². The van der Waals surface area contributed by atoms with Gasteiger partial charge in [0, 0.05) is 21.7 Å². The number of aryl methyl sites for hydroxylation is 1. The fraction of sp³-hybridized carbons (Fsp3) is 0.350. The maximum absolute atomic E-state index is 12.9. The fourth-order valence-electron chi connectivity index (χ4n) is 3.07. The van der Waals surface area contributed by atoms with Crippen molar-refractivity contribution in [2.75, 3.05) is 5.88 Å². The molecule has 0 spiro atoms. The molecule has 2 aromatic carbocycles. The van der Waals surface area contributed by atoms with Crippen molar-refractivity contribution in [3.63, 3.8) is 0 Å². The van der Waals surface area contributed by atoms with Crippen LogP contribution in [0.15, 0.2) is 36.4 Å². The van der Waals surface area contributed by atoms with E-state index in [2.05, 4.69) is 0 Å². The highest BCUT2D eigenvalue weighted by Gasteiger charge is 2.23. The molecule has 0 unspecified atom stereocenters. The van der Waals surface area contributed by atoms with Gasteiger partial charge in [-0.25, -0.2) is 9.36 Å². The van der Waals surface area contributed by atoms with E-state index in [-0.39, 0.29) is 6.09 Å². The van der Waals surface area contributed by atoms with Gasteiger partial charge in [0.15, 0.2) is 0 Å². The Bertz CT molecular complexity index is 938. The summed E-state index contributed by atoms with van der Waals surface area (Å²) in [5, 5.41) is 2.58. The Kier molecular flexibility index (Phi) is 4.99. The highest BCUT2D eigenvalue weighted by Crippen LogP contribution is 2.34. The Morgan fingerprint density at radius 1 is 1.16 bits per heavy atom. The van der Waals surface area contributed by atoms with E-state index < -0.39 is 5.60 Å². The van der Waals surface area contributed by atoms with Crippen LogP contribution in [0, 0.1) is 0 Å². The molecule has 0 amide bonds. The molecule has 3 nitrogen and oxygen atoms in total. The Labute approximate surface area is 157 Å². The van der Waals surface area contributed by atoms with Gasteiger partial charge in [-0.2, -0.15) is 0 Å². The number of nitrogens with zero attached hydrogens (tertiary/aromatic N) is 1. The summed E-state index contributed by atoms with van der Waals surface area (Å²) in [6, 6.07) is 11.6. The molecule has 0 saturated carbocycles. The zero-order valence-electron chi connectivity index (χ0n) is 14.6. The largest absolute Gasteiger partial charge is 0.443 e. The minimum Gasteiger partial charge on any atom is -0.443 e. The maximum Gasteiger partial charge on any atom is 0.419 e. The number of hydrogen-bond acceptors (Lipinski definition) is 2. The number of fused-ring (bicyclic) bond motifs is 3. The summed E-state index contributed by atoms with van der Waals surface area (Å²) in [5.41, 5.74) is 2.18. The summed E-state index contributed by atoms with van der Waals surface area (Å²) in [5.74, 6) is 0.578. The number of alkyl halides is 1. The first kappa shape index (κ1) is 18.1. The van der Waals surface area contributed by atoms with Gasteiger partial charge in [-0.05, 0) is 57.4 Å². The van der Waals surface area contributed by atoms with Gasteiger partial charge >= 0.3 is 6.09 Å². The van der Waals surface area contributed by atoms with Crippen LogP contribution in [-0.4, -0.2) is 22.1 Å². The van der Waals surface area contributed by atoms with Gasteiger partial charge in [0.05, 0.1) is 11.0 Å². The van der Waals surface area contributed by atoms with E-state index >= 15 is 0 Å². The molecule has 0 bridgehead atoms. The van der Waals surface area contributed by atoms with Crippen LogP contribution in [0.25, 0.3) is 21.8 Å². The lowest BCUT2D eigenvalue weighted by Gasteiger charge is -2.20. The van der Waals surface area contributed by atoms with Crippen LogP contribution in [0.5, 0.6) is 0 Å². The minimum atomic E-state index is -0.572. The molecule has 1 aromatic heterocycles. The number of hydrogen-bond donors (Lipinski definition) is 0. The Balaban J connectivity index is 2.31. The van der Waals surface area contributed by atoms with Crippen LogP contribution < -0.4 is 0 Å². The summed E-state index contributed by atoms with van der Waals surface area (Å²) in [6.45, 7) is 5.60. The number of carbonyl (C=O) groups is 1. The first-order valence-corrected chi connectivity index (χ1v) is 9.24. The van der Waals surface area contributed by atoms with E-state index in [4.69, 9.17) is 27.9 Å². The molecule has 3 rings (SSSR count). The van der Waals surface area contributed by atoms with Crippen molar-refractivity contribution in [2.24, 2.45) is 0 Å². The fourth-order valence-corrected chi connectivity index (χ4v) is 3.37. The molecule has 0 aliphatic carbocycles. The summed E-state index contributed by atoms with van der Waals surface area (Å²) >= 11 is 12.1. The normalized spacial score (nSPS) is 12.0. The second-order valence-electron chi connectivity index (χ2n) is 7.08. The average Bonchev–Trinajstić information content (AvgIpc) is 2.85. The van der Waals surface area contributed by atoms with Gasteiger partial charge in [-0.3, -0.25) is 0 Å². The number of aromatic nitrogens is 1. The average molecular weight is 378 g/mol. The first-order valence-electron chi connectivity index (χ1n) is 8.33. The van der Waals surface area contributed by atoms with Crippen molar-refractivity contribution in [3.8, 4) is 0 Å². The van der Waals surface area contributed by atoms with Crippen LogP contribution in [0.2, 0.25) is 5.02 Å². The van der Waals surface area contributed by atoms with Crippen LogP contribution >= 0.6 is 23.2 Å². The van der Waals surface area contributed by atoms with Gasteiger partial charge < -0.3 is 4.74 Å². The Hall–Kier alpha value is -1.71. The van der Waals surface area contributed by atoms with Gasteiger partial charge in [-0.1, -0.05) is 29.8 Å². The summed E-state index contributed by atoms with van der Waals surface area (Å²) < 4.78 is 7.32. The third kappa shape index (κ3) is 3.63. The van der Waals surface area contributed by atoms with Crippen molar-refractivity contribution in [1.29, 1.82) is 0 Å². The molecule has 0 radical (unpaired) electrons. The van der Waals surface area contributed by atoms with Crippen LogP contribution in [-0.2, 0) is 11.2 Å². The highest BCUT2D eigenvalue weighted by atomic mass is 35.5. The molecule has 132 valence electrons. The molecular weight excluding hydrogens is 357 g/mol. The van der Waals surface area contributed by atoms with Crippen LogP contribution in [0.3, 0.4) is 0 Å². The minimum absolute atomic E-state index is 0.381. The van der Waals surface area contributed by atoms with E-state index in [1.54, 1.807) is 10.6 Å². The zero-order chi connectivity index (χ0) is 18.2. The molecule has 0 aliphatic heterocycles. The quantitative estimate of drug-likeness (QED) is 0.494. The van der Waals surface area contributed by atoms with E-state index in [1.165, 1.54) is 0 Å². The molecule has 0 N–H and O–H groups in total. The van der Waals surface area contributed by atoms with E-state index in [0.717, 1.165) is 40.2 Å². The molecule has 25 heavy (non-hydrogen) atoms. The topological polar surface area (TPSA) is 31.2 Å². The number of ether oxygens (including phenoxy) is 1. The second-order valence-corrected chi connectivity index (χ2v) is 7.90. The molecular formula is C20H21Cl2NO2. The number of halogens is 2. The Morgan fingerprint density at radius 2 is 1.92 bits per heavy atom. The van der Waals surface area contributed by atoms with E-state index in [9.17, 15) is 4.79 Å². The number of benzene rings is 2. The summed E-state index contributed by atoms with van der Waals surface area (Å²) in [4.78, 5) is 12.9. The number of rotatable bonds is 3. The number of carbonyl (C=O) groups excluding carboxylic acids is 1. The molecule has 0 saturated heterocycles. The molecule has 1 heterocycles. The van der Waals surface area contributed by atoms with E-state index in [1.807, 2.05) is 51.1 Å². The third-order valence-corrected chi connectivity index (χ3v) is 4.49. The van der Waals surface area contributed by atoms with Gasteiger partial charge in [0.2, 0.25) is 0 Å². The highest BCUT2D eigenvalue weighted by molar-refractivity contribution is 6.32. The lowest BCUT2D eigenvalue weighted by molar-refractivity contribution is 0.0551.